The molecule has 3 aromatic rings. The van der Waals surface area contributed by atoms with E-state index >= 15 is 0 Å². The third kappa shape index (κ3) is 3.88. The summed E-state index contributed by atoms with van der Waals surface area (Å²) in [4.78, 5) is 20.4. The molecular formula is C25H24N4O3S. The molecule has 5 rings (SSSR count). The maximum absolute atomic E-state index is 13.7. The Morgan fingerprint density at radius 1 is 0.939 bits per heavy atom. The Hall–Kier alpha value is -3.28. The number of sulfonamides is 1. The van der Waals surface area contributed by atoms with Gasteiger partial charge in [-0.2, -0.15) is 9.57 Å². The van der Waals surface area contributed by atoms with E-state index in [2.05, 4.69) is 0 Å². The third-order valence-corrected chi connectivity index (χ3v) is 8.44. The summed E-state index contributed by atoms with van der Waals surface area (Å²) in [6.45, 7) is 1.14. The van der Waals surface area contributed by atoms with Crippen LogP contribution in [0.5, 0.6) is 0 Å². The molecule has 1 fully saturated rings. The summed E-state index contributed by atoms with van der Waals surface area (Å²) in [6.07, 6.45) is 3.86. The molecule has 2 aliphatic rings. The summed E-state index contributed by atoms with van der Waals surface area (Å²) < 4.78 is 27.5. The van der Waals surface area contributed by atoms with Crippen molar-refractivity contribution in [2.75, 3.05) is 26.2 Å². The Morgan fingerprint density at radius 3 is 2.36 bits per heavy atom. The molecule has 0 unspecified atom stereocenters. The van der Waals surface area contributed by atoms with Crippen molar-refractivity contribution >= 4 is 26.8 Å². The lowest BCUT2D eigenvalue weighted by Crippen LogP contribution is -2.50. The molecule has 1 aliphatic heterocycles. The van der Waals surface area contributed by atoms with Crippen LogP contribution in [0.4, 0.5) is 0 Å². The molecule has 0 radical (unpaired) electrons. The topological polar surface area (TPSA) is 94.4 Å². The van der Waals surface area contributed by atoms with E-state index in [4.69, 9.17) is 10.2 Å². The van der Waals surface area contributed by atoms with E-state index in [0.29, 0.717) is 18.7 Å². The zero-order valence-corrected chi connectivity index (χ0v) is 19.0. The molecule has 2 aromatic carbocycles. The Labute approximate surface area is 193 Å². The number of nitriles is 1. The lowest BCUT2D eigenvalue weighted by molar-refractivity contribution is 0.0698. The average molecular weight is 461 g/mol. The Kier molecular flexibility index (Phi) is 5.60. The number of carbonyl (C=O) groups is 1. The van der Waals surface area contributed by atoms with Gasteiger partial charge in [0, 0.05) is 37.3 Å². The van der Waals surface area contributed by atoms with Gasteiger partial charge in [0.25, 0.3) is 5.91 Å². The summed E-state index contributed by atoms with van der Waals surface area (Å²) in [5.41, 5.74) is 4.06. The molecule has 2 heterocycles. The first-order valence-electron chi connectivity index (χ1n) is 11.2. The summed E-state index contributed by atoms with van der Waals surface area (Å²) in [7, 11) is -3.67. The van der Waals surface area contributed by atoms with Crippen LogP contribution in [0.25, 0.3) is 10.9 Å². The van der Waals surface area contributed by atoms with Gasteiger partial charge in [0.05, 0.1) is 27.6 Å². The van der Waals surface area contributed by atoms with Crippen LogP contribution >= 0.6 is 0 Å². The van der Waals surface area contributed by atoms with Gasteiger partial charge < -0.3 is 4.90 Å². The molecule has 33 heavy (non-hydrogen) atoms. The molecule has 0 saturated carbocycles. The highest BCUT2D eigenvalue weighted by Crippen LogP contribution is 2.30. The maximum atomic E-state index is 13.7. The smallest absolute Gasteiger partial charge is 0.254 e. The zero-order chi connectivity index (χ0) is 23.0. The molecule has 1 amide bonds. The molecule has 1 saturated heterocycles. The molecule has 168 valence electrons. The summed E-state index contributed by atoms with van der Waals surface area (Å²) in [5.74, 6) is -0.0397. The second-order valence-electron chi connectivity index (χ2n) is 8.47. The predicted octanol–water partition coefficient (Wildman–Crippen LogP) is 3.13. The standard InChI is InChI=1S/C25H24N4O3S/c26-17-18-9-11-19(12-10-18)33(31,32)29-15-13-28(14-16-29)25(30)24-20-5-1-3-7-22(20)27-23-8-4-2-6-21(23)24/h1,3,5,7,9-12H,2,4,6,8,13-16H2. The van der Waals surface area contributed by atoms with Gasteiger partial charge in [-0.15, -0.1) is 0 Å². The van der Waals surface area contributed by atoms with Gasteiger partial charge in [-0.25, -0.2) is 8.42 Å². The van der Waals surface area contributed by atoms with Crippen LogP contribution < -0.4 is 0 Å². The van der Waals surface area contributed by atoms with Crippen molar-refractivity contribution in [2.24, 2.45) is 0 Å². The monoisotopic (exact) mass is 460 g/mol. The normalized spacial score (nSPS) is 16.9. The van der Waals surface area contributed by atoms with Gasteiger partial charge in [0.1, 0.15) is 0 Å². The minimum absolute atomic E-state index is 0.0397. The highest BCUT2D eigenvalue weighted by atomic mass is 32.2. The quantitative estimate of drug-likeness (QED) is 0.599. The van der Waals surface area contributed by atoms with Crippen molar-refractivity contribution < 1.29 is 13.2 Å². The molecule has 0 N–H and O–H groups in total. The number of piperazine rings is 1. The van der Waals surface area contributed by atoms with Crippen LogP contribution in [0.3, 0.4) is 0 Å². The second-order valence-corrected chi connectivity index (χ2v) is 10.4. The molecule has 1 aliphatic carbocycles. The first kappa shape index (κ1) is 21.6. The SMILES string of the molecule is N#Cc1ccc(S(=O)(=O)N2CCN(C(=O)c3c4c(nc5ccccc35)CCCC4)CC2)cc1. The van der Waals surface area contributed by atoms with Crippen molar-refractivity contribution in [2.45, 2.75) is 30.6 Å². The van der Waals surface area contributed by atoms with Crippen LogP contribution in [0, 0.1) is 11.3 Å². The van der Waals surface area contributed by atoms with E-state index in [1.807, 2.05) is 30.3 Å². The summed E-state index contributed by atoms with van der Waals surface area (Å²) in [6, 6.07) is 15.7. The Morgan fingerprint density at radius 2 is 1.64 bits per heavy atom. The Balaban J connectivity index is 1.39. The van der Waals surface area contributed by atoms with Crippen LogP contribution in [0.1, 0.15) is 40.0 Å². The number of aryl methyl sites for hydroxylation is 1. The zero-order valence-electron chi connectivity index (χ0n) is 18.2. The first-order chi connectivity index (χ1) is 16.0. The number of para-hydroxylation sites is 1. The van der Waals surface area contributed by atoms with E-state index in [-0.39, 0.29) is 23.9 Å². The molecular weight excluding hydrogens is 436 g/mol. The van der Waals surface area contributed by atoms with E-state index in [1.165, 1.54) is 28.6 Å². The molecule has 0 spiro atoms. The van der Waals surface area contributed by atoms with Crippen molar-refractivity contribution in [3.8, 4) is 6.07 Å². The molecule has 1 aromatic heterocycles. The third-order valence-electron chi connectivity index (χ3n) is 6.53. The lowest BCUT2D eigenvalue weighted by Gasteiger charge is -2.35. The largest absolute Gasteiger partial charge is 0.336 e. The number of aromatic nitrogens is 1. The van der Waals surface area contributed by atoms with E-state index in [0.717, 1.165) is 53.4 Å². The van der Waals surface area contributed by atoms with Crippen molar-refractivity contribution in [1.82, 2.24) is 14.2 Å². The predicted molar refractivity (Wildman–Crippen MR) is 124 cm³/mol. The molecule has 8 heteroatoms. The fourth-order valence-corrected chi connectivity index (χ4v) is 6.18. The maximum Gasteiger partial charge on any atom is 0.254 e. The van der Waals surface area contributed by atoms with Gasteiger partial charge in [-0.3, -0.25) is 9.78 Å². The van der Waals surface area contributed by atoms with Crippen LogP contribution in [0.15, 0.2) is 53.4 Å². The van der Waals surface area contributed by atoms with Crippen molar-refractivity contribution in [3.05, 3.63) is 70.9 Å². The Bertz CT molecular complexity index is 1370. The first-order valence-corrected chi connectivity index (χ1v) is 12.6. The number of carbonyl (C=O) groups excluding carboxylic acids is 1. The van der Waals surface area contributed by atoms with Gasteiger partial charge in [0.2, 0.25) is 10.0 Å². The van der Waals surface area contributed by atoms with Gasteiger partial charge >= 0.3 is 0 Å². The van der Waals surface area contributed by atoms with Crippen molar-refractivity contribution in [3.63, 3.8) is 0 Å². The number of fused-ring (bicyclic) bond motifs is 2. The highest BCUT2D eigenvalue weighted by Gasteiger charge is 2.32. The summed E-state index contributed by atoms with van der Waals surface area (Å²) in [5, 5.41) is 9.81. The van der Waals surface area contributed by atoms with Gasteiger partial charge in [-0.1, -0.05) is 18.2 Å². The van der Waals surface area contributed by atoms with Gasteiger partial charge in [0.15, 0.2) is 0 Å². The van der Waals surface area contributed by atoms with Crippen LogP contribution in [0.2, 0.25) is 0 Å². The minimum atomic E-state index is -3.67. The average Bonchev–Trinajstić information content (AvgIpc) is 2.87. The minimum Gasteiger partial charge on any atom is -0.336 e. The van der Waals surface area contributed by atoms with Crippen LogP contribution in [-0.2, 0) is 22.9 Å². The number of amides is 1. The number of pyridine rings is 1. The fourth-order valence-electron chi connectivity index (χ4n) is 4.76. The highest BCUT2D eigenvalue weighted by molar-refractivity contribution is 7.89. The van der Waals surface area contributed by atoms with Crippen molar-refractivity contribution in [1.29, 1.82) is 5.26 Å². The van der Waals surface area contributed by atoms with E-state index in [1.54, 1.807) is 4.90 Å². The second kappa shape index (κ2) is 8.58. The number of rotatable bonds is 3. The number of hydrogen-bond acceptors (Lipinski definition) is 5. The number of benzene rings is 2. The van der Waals surface area contributed by atoms with Crippen LogP contribution in [-0.4, -0.2) is 54.7 Å². The number of hydrogen-bond donors (Lipinski definition) is 0. The molecule has 7 nitrogen and oxygen atoms in total. The summed E-state index contributed by atoms with van der Waals surface area (Å²) >= 11 is 0. The van der Waals surface area contributed by atoms with E-state index in [9.17, 15) is 13.2 Å². The molecule has 0 bridgehead atoms. The van der Waals surface area contributed by atoms with Gasteiger partial charge in [-0.05, 0) is 61.6 Å². The number of nitrogens with zero attached hydrogens (tertiary/aromatic N) is 4. The fraction of sp³-hybridized carbons (Fsp3) is 0.320. The molecule has 0 atom stereocenters. The van der Waals surface area contributed by atoms with E-state index < -0.39 is 10.0 Å². The lowest BCUT2D eigenvalue weighted by atomic mass is 9.89.